The molecule has 0 heterocycles. The normalized spacial score (nSPS) is 8.94. The fourth-order valence-corrected chi connectivity index (χ4v) is 1.06. The summed E-state index contributed by atoms with van der Waals surface area (Å²) >= 11 is 5.67. The summed E-state index contributed by atoms with van der Waals surface area (Å²) < 4.78 is 0. The number of rotatable bonds is 2. The van der Waals surface area contributed by atoms with E-state index in [1.165, 1.54) is 0 Å². The second-order valence-electron chi connectivity index (χ2n) is 2.97. The van der Waals surface area contributed by atoms with Gasteiger partial charge >= 0.3 is 6.03 Å². The van der Waals surface area contributed by atoms with Crippen molar-refractivity contribution in [2.75, 3.05) is 5.32 Å². The maximum Gasteiger partial charge on any atom is 0.337 e. The van der Waals surface area contributed by atoms with Gasteiger partial charge in [0.05, 0.1) is 6.07 Å². The van der Waals surface area contributed by atoms with E-state index in [-0.39, 0.29) is 6.42 Å². The first-order valence-corrected chi connectivity index (χ1v) is 4.98. The first-order valence-electron chi connectivity index (χ1n) is 4.60. The number of nitriles is 1. The fraction of sp³-hybridized carbons (Fsp3) is 0.100. The average Bonchev–Trinajstić information content (AvgIpc) is 2.30. The first kappa shape index (κ1) is 12.8. The van der Waals surface area contributed by atoms with Gasteiger partial charge in [0.25, 0.3) is 5.91 Å². The molecule has 1 aromatic carbocycles. The number of nitrogens with one attached hydrogen (secondary N) is 3. The van der Waals surface area contributed by atoms with Crippen LogP contribution in [-0.4, -0.2) is 11.9 Å². The van der Waals surface area contributed by atoms with Gasteiger partial charge in [-0.15, -0.1) is 0 Å². The van der Waals surface area contributed by atoms with E-state index in [0.717, 1.165) is 0 Å². The predicted octanol–water partition coefficient (Wildman–Crippen LogP) is 1.41. The van der Waals surface area contributed by atoms with Gasteiger partial charge < -0.3 is 5.32 Å². The second-order valence-corrected chi connectivity index (χ2v) is 3.41. The van der Waals surface area contributed by atoms with Crippen molar-refractivity contribution in [2.24, 2.45) is 0 Å². The van der Waals surface area contributed by atoms with Crippen LogP contribution in [0.4, 0.5) is 10.5 Å². The zero-order chi connectivity index (χ0) is 12.7. The Bertz CT molecular complexity index is 452. The molecule has 0 saturated heterocycles. The van der Waals surface area contributed by atoms with Gasteiger partial charge in [-0.25, -0.2) is 10.2 Å². The number of urea groups is 1. The van der Waals surface area contributed by atoms with E-state index in [2.05, 4.69) is 16.2 Å². The van der Waals surface area contributed by atoms with Crippen LogP contribution in [0.2, 0.25) is 5.02 Å². The van der Waals surface area contributed by atoms with Gasteiger partial charge in [-0.1, -0.05) is 11.6 Å². The Morgan fingerprint density at radius 1 is 1.24 bits per heavy atom. The molecule has 0 aromatic heterocycles. The number of benzene rings is 1. The van der Waals surface area contributed by atoms with E-state index in [0.29, 0.717) is 10.7 Å². The molecule has 0 radical (unpaired) electrons. The number of hydrazine groups is 1. The van der Waals surface area contributed by atoms with E-state index in [4.69, 9.17) is 16.9 Å². The van der Waals surface area contributed by atoms with Crippen LogP contribution >= 0.6 is 11.6 Å². The maximum absolute atomic E-state index is 11.3. The standard InChI is InChI=1S/C10H9ClN4O2/c11-7-1-3-8(4-2-7)13-10(17)15-14-9(16)5-6-12/h1-4H,5H2,(H,14,16)(H2,13,15,17). The lowest BCUT2D eigenvalue weighted by Crippen LogP contribution is -2.43. The molecule has 0 spiro atoms. The van der Waals surface area contributed by atoms with Crippen molar-refractivity contribution in [2.45, 2.75) is 6.42 Å². The Morgan fingerprint density at radius 3 is 2.47 bits per heavy atom. The van der Waals surface area contributed by atoms with Crippen LogP contribution in [0.5, 0.6) is 0 Å². The van der Waals surface area contributed by atoms with Crippen LogP contribution < -0.4 is 16.2 Å². The first-order chi connectivity index (χ1) is 8.11. The molecule has 17 heavy (non-hydrogen) atoms. The van der Waals surface area contributed by atoms with Crippen molar-refractivity contribution in [3.8, 4) is 6.07 Å². The third-order valence-corrected chi connectivity index (χ3v) is 1.91. The van der Waals surface area contributed by atoms with Crippen molar-refractivity contribution >= 4 is 29.2 Å². The Kier molecular flexibility index (Phi) is 4.78. The van der Waals surface area contributed by atoms with E-state index < -0.39 is 11.9 Å². The zero-order valence-electron chi connectivity index (χ0n) is 8.66. The van der Waals surface area contributed by atoms with Gasteiger partial charge in [-0.2, -0.15) is 5.26 Å². The van der Waals surface area contributed by atoms with Crippen LogP contribution in [0.25, 0.3) is 0 Å². The average molecular weight is 253 g/mol. The summed E-state index contributed by atoms with van der Waals surface area (Å²) in [5.74, 6) is -0.584. The van der Waals surface area contributed by atoms with E-state index in [1.807, 2.05) is 0 Å². The lowest BCUT2D eigenvalue weighted by molar-refractivity contribution is -0.120. The number of hydrogen-bond donors (Lipinski definition) is 3. The summed E-state index contributed by atoms with van der Waals surface area (Å²) in [7, 11) is 0. The summed E-state index contributed by atoms with van der Waals surface area (Å²) in [5.41, 5.74) is 4.69. The quantitative estimate of drug-likeness (QED) is 0.695. The lowest BCUT2D eigenvalue weighted by atomic mass is 10.3. The zero-order valence-corrected chi connectivity index (χ0v) is 9.41. The van der Waals surface area contributed by atoms with Gasteiger partial charge in [0.15, 0.2) is 0 Å². The van der Waals surface area contributed by atoms with E-state index in [9.17, 15) is 9.59 Å². The highest BCUT2D eigenvalue weighted by Gasteiger charge is 2.03. The fourth-order valence-electron chi connectivity index (χ4n) is 0.938. The maximum atomic E-state index is 11.3. The minimum absolute atomic E-state index is 0.318. The molecular formula is C10H9ClN4O2. The molecule has 88 valence electrons. The van der Waals surface area contributed by atoms with Crippen molar-refractivity contribution in [1.29, 1.82) is 5.26 Å². The minimum atomic E-state index is -0.612. The van der Waals surface area contributed by atoms with E-state index >= 15 is 0 Å². The number of halogens is 1. The Labute approximate surface area is 103 Å². The van der Waals surface area contributed by atoms with Crippen molar-refractivity contribution < 1.29 is 9.59 Å². The molecule has 7 heteroatoms. The molecule has 1 aromatic rings. The highest BCUT2D eigenvalue weighted by atomic mass is 35.5. The molecule has 0 fully saturated rings. The van der Waals surface area contributed by atoms with Gasteiger partial charge in [0.2, 0.25) is 0 Å². The second kappa shape index (κ2) is 6.35. The van der Waals surface area contributed by atoms with Crippen molar-refractivity contribution in [1.82, 2.24) is 10.9 Å². The molecule has 0 saturated carbocycles. The third kappa shape index (κ3) is 4.86. The number of nitrogens with zero attached hydrogens (tertiary/aromatic N) is 1. The molecule has 0 unspecified atom stereocenters. The molecule has 0 atom stereocenters. The molecule has 3 N–H and O–H groups in total. The third-order valence-electron chi connectivity index (χ3n) is 1.66. The summed E-state index contributed by atoms with van der Waals surface area (Å²) in [5, 5.41) is 11.2. The van der Waals surface area contributed by atoms with Crippen LogP contribution in [-0.2, 0) is 4.79 Å². The minimum Gasteiger partial charge on any atom is -0.307 e. The molecule has 6 nitrogen and oxygen atoms in total. The Morgan fingerprint density at radius 2 is 1.88 bits per heavy atom. The van der Waals surface area contributed by atoms with Gasteiger partial charge in [0.1, 0.15) is 6.42 Å². The Balaban J connectivity index is 2.37. The van der Waals surface area contributed by atoms with Crippen LogP contribution in [0.15, 0.2) is 24.3 Å². The molecule has 0 bridgehead atoms. The summed E-state index contributed by atoms with van der Waals surface area (Å²) in [6.07, 6.45) is -0.318. The number of carbonyl (C=O) groups excluding carboxylic acids is 2. The number of anilines is 1. The summed E-state index contributed by atoms with van der Waals surface area (Å²) in [6.45, 7) is 0. The molecule has 3 amide bonds. The highest BCUT2D eigenvalue weighted by molar-refractivity contribution is 6.30. The predicted molar refractivity (Wildman–Crippen MR) is 62.0 cm³/mol. The number of carbonyl (C=O) groups is 2. The number of hydrogen-bond acceptors (Lipinski definition) is 3. The van der Waals surface area contributed by atoms with E-state index in [1.54, 1.807) is 30.3 Å². The lowest BCUT2D eigenvalue weighted by Gasteiger charge is -2.07. The van der Waals surface area contributed by atoms with Gasteiger partial charge in [-0.05, 0) is 24.3 Å². The molecule has 1 rings (SSSR count). The van der Waals surface area contributed by atoms with Crippen LogP contribution in [0, 0.1) is 11.3 Å². The van der Waals surface area contributed by atoms with Crippen molar-refractivity contribution in [3.63, 3.8) is 0 Å². The number of amides is 3. The van der Waals surface area contributed by atoms with Gasteiger partial charge in [0, 0.05) is 10.7 Å². The monoisotopic (exact) mass is 252 g/mol. The SMILES string of the molecule is N#CCC(=O)NNC(=O)Nc1ccc(Cl)cc1. The van der Waals surface area contributed by atoms with Gasteiger partial charge in [-0.3, -0.25) is 10.2 Å². The van der Waals surface area contributed by atoms with Crippen LogP contribution in [0.1, 0.15) is 6.42 Å². The van der Waals surface area contributed by atoms with Crippen molar-refractivity contribution in [3.05, 3.63) is 29.3 Å². The molecular weight excluding hydrogens is 244 g/mol. The Hall–Kier alpha value is -2.26. The smallest absolute Gasteiger partial charge is 0.307 e. The van der Waals surface area contributed by atoms with Crippen LogP contribution in [0.3, 0.4) is 0 Å². The summed E-state index contributed by atoms with van der Waals surface area (Å²) in [4.78, 5) is 22.1. The molecule has 0 aliphatic rings. The largest absolute Gasteiger partial charge is 0.337 e. The molecule has 0 aliphatic heterocycles. The highest BCUT2D eigenvalue weighted by Crippen LogP contribution is 2.12. The summed E-state index contributed by atoms with van der Waals surface area (Å²) in [6, 6.07) is 7.49. The topological polar surface area (TPSA) is 94.0 Å². The molecule has 0 aliphatic carbocycles.